The summed E-state index contributed by atoms with van der Waals surface area (Å²) in [5.74, 6) is -1.61. The number of aromatic nitrogens is 3. The Morgan fingerprint density at radius 2 is 1.76 bits per heavy atom. The Morgan fingerprint density at radius 3 is 2.49 bits per heavy atom. The number of benzene rings is 2. The lowest BCUT2D eigenvalue weighted by Gasteiger charge is -2.35. The number of carbonyl (C=O) groups is 1. The fraction of sp³-hybridized carbons (Fsp3) is 0.235. The van der Waals surface area contributed by atoms with E-state index in [4.69, 9.17) is 23.2 Å². The van der Waals surface area contributed by atoms with Crippen LogP contribution in [0.5, 0.6) is 5.88 Å². The average molecular weight is 747 g/mol. The number of alkyl halides is 3. The summed E-state index contributed by atoms with van der Waals surface area (Å²) in [6, 6.07) is 8.22. The first kappa shape index (κ1) is 34.3. The van der Waals surface area contributed by atoms with Crippen LogP contribution in [0.25, 0.3) is 16.7 Å². The van der Waals surface area contributed by atoms with Gasteiger partial charge in [0, 0.05) is 47.3 Å². The number of anilines is 2. The Labute approximate surface area is 296 Å². The normalized spacial score (nSPS) is 19.2. The molecular weight excluding hydrogens is 720 g/mol. The van der Waals surface area contributed by atoms with Gasteiger partial charge in [-0.15, -0.1) is 0 Å². The minimum absolute atomic E-state index is 0.0553. The summed E-state index contributed by atoms with van der Waals surface area (Å²) in [6.07, 6.45) is 2.88. The molecule has 3 aliphatic heterocycles. The fourth-order valence-electron chi connectivity index (χ4n) is 6.43. The number of fused-ring (bicyclic) bond motifs is 4. The first-order valence-corrected chi connectivity index (χ1v) is 16.3. The van der Waals surface area contributed by atoms with Gasteiger partial charge in [0.25, 0.3) is 5.56 Å². The molecule has 2 amide bonds. The lowest BCUT2D eigenvalue weighted by molar-refractivity contribution is -0.154. The molecule has 3 aliphatic rings. The Kier molecular flexibility index (Phi) is 9.10. The van der Waals surface area contributed by atoms with Gasteiger partial charge in [0.15, 0.2) is 6.61 Å². The predicted octanol–water partition coefficient (Wildman–Crippen LogP) is 7.59. The van der Waals surface area contributed by atoms with Crippen molar-refractivity contribution < 1.29 is 31.5 Å². The molecule has 1 saturated heterocycles. The van der Waals surface area contributed by atoms with Gasteiger partial charge in [-0.1, -0.05) is 29.3 Å². The number of allylic oxidation sites excluding steroid dienone is 2. The summed E-state index contributed by atoms with van der Waals surface area (Å²) in [4.78, 5) is 30.5. The number of aromatic amines is 1. The van der Waals surface area contributed by atoms with Crippen molar-refractivity contribution in [1.82, 2.24) is 25.4 Å². The first-order valence-electron chi connectivity index (χ1n) is 15.6. The molecule has 3 atom stereocenters. The van der Waals surface area contributed by atoms with Crippen molar-refractivity contribution >= 4 is 46.2 Å². The molecule has 0 radical (unpaired) electrons. The van der Waals surface area contributed by atoms with E-state index in [0.717, 1.165) is 12.0 Å². The fourth-order valence-corrected chi connectivity index (χ4v) is 6.97. The molecule has 1 fully saturated rings. The van der Waals surface area contributed by atoms with E-state index in [0.29, 0.717) is 35.2 Å². The monoisotopic (exact) mass is 745 g/mol. The molecular formula is C34H26Cl2F5N7O3. The van der Waals surface area contributed by atoms with Crippen LogP contribution in [0, 0.1) is 11.6 Å². The van der Waals surface area contributed by atoms with E-state index >= 15 is 8.78 Å². The Morgan fingerprint density at radius 1 is 1.02 bits per heavy atom. The van der Waals surface area contributed by atoms with Crippen LogP contribution in [0.3, 0.4) is 0 Å². The third-order valence-electron chi connectivity index (χ3n) is 8.72. The molecule has 0 spiro atoms. The highest BCUT2D eigenvalue weighted by Gasteiger charge is 2.44. The van der Waals surface area contributed by atoms with Gasteiger partial charge in [-0.2, -0.15) is 18.3 Å². The van der Waals surface area contributed by atoms with Gasteiger partial charge in [0.1, 0.15) is 17.8 Å². The maximum Gasteiger partial charge on any atom is 0.422 e. The maximum atomic E-state index is 15.4. The first-order chi connectivity index (χ1) is 24.3. The number of ether oxygens (including phenoxy) is 1. The van der Waals surface area contributed by atoms with Crippen LogP contribution in [-0.2, 0) is 6.42 Å². The molecule has 0 aliphatic carbocycles. The Hall–Kier alpha value is -5.15. The van der Waals surface area contributed by atoms with E-state index < -0.39 is 36.6 Å². The Balaban J connectivity index is 0.990. The number of rotatable bonds is 7. The second-order valence-corrected chi connectivity index (χ2v) is 12.9. The summed E-state index contributed by atoms with van der Waals surface area (Å²) in [6.45, 7) is -1.49. The molecule has 10 nitrogen and oxygen atoms in total. The van der Waals surface area contributed by atoms with Gasteiger partial charge < -0.3 is 25.6 Å². The van der Waals surface area contributed by atoms with Crippen LogP contribution in [0.2, 0.25) is 10.0 Å². The van der Waals surface area contributed by atoms with Crippen molar-refractivity contribution in [2.45, 2.75) is 43.7 Å². The van der Waals surface area contributed by atoms with E-state index in [9.17, 15) is 22.8 Å². The quantitative estimate of drug-likeness (QED) is 0.144. The zero-order valence-corrected chi connectivity index (χ0v) is 27.6. The van der Waals surface area contributed by atoms with Crippen LogP contribution in [-0.4, -0.2) is 51.1 Å². The minimum Gasteiger partial charge on any atom is -0.468 e. The number of nitrogens with zero attached hydrogens (tertiary/aromatic N) is 3. The third kappa shape index (κ3) is 7.21. The molecule has 7 rings (SSSR count). The SMILES string of the molecule is O=C(Nc1cc(Cl)c(C2=CNC(Nc3cc(Cl)c(-c4ccc(OCC(F)(F)F)nc4)cc3F)C=C2)cc1F)N1[C@H]2CC[C@@H]1c1n[nH]c(=O)cc1C2. The zero-order valence-electron chi connectivity index (χ0n) is 26.1. The standard InChI is InChI=1S/C34H26Cl2F5N7O3/c35-22-11-26(24(37)9-21(22)17-2-6-31(43-14-17)51-15-34(39,40)41)44-29-5-1-16(13-42-29)20-10-25(38)27(12-23(20)36)45-33(50)48-19-3-4-28(48)32-18(7-19)8-30(49)46-47-32/h1-2,5-6,8-14,19,28-29,42,44H,3-4,7,15H2,(H,45,50)(H,46,49)/t19-,28+,29?/m0/s1. The van der Waals surface area contributed by atoms with E-state index in [1.807, 2.05) is 0 Å². The van der Waals surface area contributed by atoms with Crippen LogP contribution in [0.4, 0.5) is 38.1 Å². The summed E-state index contributed by atoms with van der Waals surface area (Å²) < 4.78 is 72.3. The van der Waals surface area contributed by atoms with Crippen molar-refractivity contribution in [3.63, 3.8) is 0 Å². The number of dihydropyridines is 1. The number of amides is 2. The minimum atomic E-state index is -4.51. The van der Waals surface area contributed by atoms with E-state index in [-0.39, 0.29) is 50.5 Å². The maximum absolute atomic E-state index is 15.4. The van der Waals surface area contributed by atoms with Gasteiger partial charge >= 0.3 is 12.2 Å². The third-order valence-corrected chi connectivity index (χ3v) is 9.35. The summed E-state index contributed by atoms with van der Waals surface area (Å²) in [5.41, 5.74) is 2.59. The number of pyridine rings is 1. The molecule has 51 heavy (non-hydrogen) atoms. The van der Waals surface area contributed by atoms with Gasteiger partial charge in [-0.25, -0.2) is 23.7 Å². The Bertz CT molecular complexity index is 2140. The summed E-state index contributed by atoms with van der Waals surface area (Å²) in [7, 11) is 0. The molecule has 2 bridgehead atoms. The highest BCUT2D eigenvalue weighted by Crippen LogP contribution is 2.43. The number of hydrogen-bond donors (Lipinski definition) is 4. The van der Waals surface area contributed by atoms with Crippen molar-refractivity contribution in [2.24, 2.45) is 0 Å². The number of halogens is 7. The largest absolute Gasteiger partial charge is 0.468 e. The lowest BCUT2D eigenvalue weighted by Crippen LogP contribution is -2.45. The van der Waals surface area contributed by atoms with Gasteiger partial charge in [0.2, 0.25) is 5.88 Å². The summed E-state index contributed by atoms with van der Waals surface area (Å²) in [5, 5.41) is 15.6. The van der Waals surface area contributed by atoms with E-state index in [2.05, 4.69) is 35.9 Å². The highest BCUT2D eigenvalue weighted by atomic mass is 35.5. The molecule has 4 aromatic rings. The smallest absolute Gasteiger partial charge is 0.422 e. The average Bonchev–Trinajstić information content (AvgIpc) is 3.41. The van der Waals surface area contributed by atoms with Gasteiger partial charge in [0.05, 0.1) is 33.2 Å². The second-order valence-electron chi connectivity index (χ2n) is 12.1. The number of urea groups is 1. The number of hydrogen-bond acceptors (Lipinski definition) is 7. The predicted molar refractivity (Wildman–Crippen MR) is 180 cm³/mol. The van der Waals surface area contributed by atoms with Gasteiger partial charge in [-0.05, 0) is 66.8 Å². The van der Waals surface area contributed by atoms with Crippen molar-refractivity contribution in [3.8, 4) is 17.0 Å². The van der Waals surface area contributed by atoms with E-state index in [1.54, 1.807) is 23.3 Å². The zero-order chi connectivity index (χ0) is 36.0. The highest BCUT2D eigenvalue weighted by molar-refractivity contribution is 6.33. The van der Waals surface area contributed by atoms with Crippen LogP contribution in [0.15, 0.2) is 71.8 Å². The lowest BCUT2D eigenvalue weighted by atomic mass is 9.99. The van der Waals surface area contributed by atoms with Crippen molar-refractivity contribution in [2.75, 3.05) is 17.2 Å². The topological polar surface area (TPSA) is 124 Å². The molecule has 4 N–H and O–H groups in total. The number of H-pyrrole nitrogens is 1. The molecule has 2 aromatic heterocycles. The van der Waals surface area contributed by atoms with Crippen molar-refractivity contribution in [3.05, 3.63) is 116 Å². The number of nitrogens with one attached hydrogen (secondary N) is 4. The van der Waals surface area contributed by atoms with Crippen LogP contribution in [0.1, 0.15) is 35.7 Å². The molecule has 0 saturated carbocycles. The van der Waals surface area contributed by atoms with E-state index in [1.165, 1.54) is 48.7 Å². The summed E-state index contributed by atoms with van der Waals surface area (Å²) >= 11 is 13.0. The van der Waals surface area contributed by atoms with Crippen LogP contribution >= 0.6 is 23.2 Å². The van der Waals surface area contributed by atoms with Gasteiger partial charge in [-0.3, -0.25) is 4.79 Å². The molecule has 2 aromatic carbocycles. The number of carbonyl (C=O) groups excluding carboxylic acids is 1. The second kappa shape index (κ2) is 13.5. The molecule has 17 heteroatoms. The van der Waals surface area contributed by atoms with Crippen molar-refractivity contribution in [1.29, 1.82) is 0 Å². The van der Waals surface area contributed by atoms with Crippen LogP contribution < -0.4 is 26.2 Å². The molecule has 1 unspecified atom stereocenters. The molecule has 5 heterocycles. The molecule has 264 valence electrons.